The predicted molar refractivity (Wildman–Crippen MR) is 89.9 cm³/mol. The first kappa shape index (κ1) is 15.5. The SMILES string of the molecule is CCC(C)CC(O)(C=Cc1ccccc1)c1ccccc1. The molecular weight excluding hydrogens is 256 g/mol. The molecule has 0 radical (unpaired) electrons. The molecule has 0 aliphatic rings. The van der Waals surface area contributed by atoms with Crippen LogP contribution in [0.4, 0.5) is 0 Å². The van der Waals surface area contributed by atoms with Crippen LogP contribution in [0.25, 0.3) is 6.08 Å². The van der Waals surface area contributed by atoms with E-state index in [-0.39, 0.29) is 0 Å². The van der Waals surface area contributed by atoms with Crippen LogP contribution in [-0.2, 0) is 5.60 Å². The Balaban J connectivity index is 2.30. The van der Waals surface area contributed by atoms with Crippen molar-refractivity contribution in [3.8, 4) is 0 Å². The normalized spacial score (nSPS) is 15.8. The van der Waals surface area contributed by atoms with Crippen LogP contribution >= 0.6 is 0 Å². The van der Waals surface area contributed by atoms with E-state index >= 15 is 0 Å². The first-order valence-electron chi connectivity index (χ1n) is 7.66. The molecule has 1 N–H and O–H groups in total. The topological polar surface area (TPSA) is 20.2 Å². The van der Waals surface area contributed by atoms with Crippen LogP contribution in [0.2, 0.25) is 0 Å². The third-order valence-corrected chi connectivity index (χ3v) is 3.98. The molecule has 2 aromatic rings. The molecule has 0 fully saturated rings. The molecule has 0 aromatic heterocycles. The summed E-state index contributed by atoms with van der Waals surface area (Å²) in [5, 5.41) is 11.2. The van der Waals surface area contributed by atoms with E-state index in [1.807, 2.05) is 72.8 Å². The minimum absolute atomic E-state index is 0.468. The van der Waals surface area contributed by atoms with Gasteiger partial charge in [-0.05, 0) is 29.5 Å². The maximum atomic E-state index is 11.2. The van der Waals surface area contributed by atoms with E-state index in [0.29, 0.717) is 5.92 Å². The highest BCUT2D eigenvalue weighted by Crippen LogP contribution is 2.32. The van der Waals surface area contributed by atoms with Crippen molar-refractivity contribution in [2.24, 2.45) is 5.92 Å². The van der Waals surface area contributed by atoms with E-state index < -0.39 is 5.60 Å². The van der Waals surface area contributed by atoms with Crippen LogP contribution in [0.1, 0.15) is 37.8 Å². The minimum Gasteiger partial charge on any atom is -0.381 e. The molecule has 0 heterocycles. The monoisotopic (exact) mass is 280 g/mol. The van der Waals surface area contributed by atoms with E-state index in [9.17, 15) is 5.11 Å². The first-order chi connectivity index (χ1) is 10.1. The smallest absolute Gasteiger partial charge is 0.108 e. The molecule has 0 bridgehead atoms. The molecule has 2 rings (SSSR count). The Bertz CT molecular complexity index is 559. The van der Waals surface area contributed by atoms with E-state index in [2.05, 4.69) is 13.8 Å². The van der Waals surface area contributed by atoms with Gasteiger partial charge in [-0.1, -0.05) is 87.0 Å². The quantitative estimate of drug-likeness (QED) is 0.787. The second-order valence-corrected chi connectivity index (χ2v) is 5.75. The first-order valence-corrected chi connectivity index (χ1v) is 7.66. The fourth-order valence-electron chi connectivity index (χ4n) is 2.48. The van der Waals surface area contributed by atoms with Gasteiger partial charge in [-0.25, -0.2) is 0 Å². The van der Waals surface area contributed by atoms with E-state index in [0.717, 1.165) is 24.0 Å². The molecule has 0 saturated heterocycles. The minimum atomic E-state index is -0.910. The second kappa shape index (κ2) is 7.24. The number of hydrogen-bond acceptors (Lipinski definition) is 1. The highest BCUT2D eigenvalue weighted by Gasteiger charge is 2.27. The standard InChI is InChI=1S/C20H24O/c1-3-17(2)16-20(21,19-12-8-5-9-13-19)15-14-18-10-6-4-7-11-18/h4-15,17,21H,3,16H2,1-2H3. The summed E-state index contributed by atoms with van der Waals surface area (Å²) in [7, 11) is 0. The Hall–Kier alpha value is -1.86. The highest BCUT2D eigenvalue weighted by molar-refractivity contribution is 5.51. The summed E-state index contributed by atoms with van der Waals surface area (Å²) in [6.07, 6.45) is 5.74. The Morgan fingerprint density at radius 1 is 1.00 bits per heavy atom. The van der Waals surface area contributed by atoms with Gasteiger partial charge in [0, 0.05) is 0 Å². The molecule has 110 valence electrons. The van der Waals surface area contributed by atoms with Crippen molar-refractivity contribution < 1.29 is 5.11 Å². The number of benzene rings is 2. The molecule has 2 atom stereocenters. The predicted octanol–water partition coefficient (Wildman–Crippen LogP) is 5.02. The molecule has 0 aliphatic heterocycles. The van der Waals surface area contributed by atoms with Crippen molar-refractivity contribution in [2.75, 3.05) is 0 Å². The number of rotatable bonds is 6. The zero-order valence-electron chi connectivity index (χ0n) is 12.9. The average Bonchev–Trinajstić information content (AvgIpc) is 2.55. The van der Waals surface area contributed by atoms with Crippen molar-refractivity contribution in [3.63, 3.8) is 0 Å². The Labute approximate surface area is 128 Å². The van der Waals surface area contributed by atoms with Gasteiger partial charge in [-0.2, -0.15) is 0 Å². The summed E-state index contributed by atoms with van der Waals surface area (Å²) < 4.78 is 0. The summed E-state index contributed by atoms with van der Waals surface area (Å²) in [6.45, 7) is 4.35. The molecule has 2 unspecified atom stereocenters. The van der Waals surface area contributed by atoms with Gasteiger partial charge in [0.2, 0.25) is 0 Å². The second-order valence-electron chi connectivity index (χ2n) is 5.75. The molecule has 0 aliphatic carbocycles. The van der Waals surface area contributed by atoms with Crippen LogP contribution in [-0.4, -0.2) is 5.11 Å². The molecule has 1 nitrogen and oxygen atoms in total. The Kier molecular flexibility index (Phi) is 5.35. The summed E-state index contributed by atoms with van der Waals surface area (Å²) in [6, 6.07) is 20.0. The largest absolute Gasteiger partial charge is 0.381 e. The fourth-order valence-corrected chi connectivity index (χ4v) is 2.48. The van der Waals surface area contributed by atoms with Gasteiger partial charge in [0.1, 0.15) is 5.60 Å². The van der Waals surface area contributed by atoms with E-state index in [1.165, 1.54) is 0 Å². The molecule has 21 heavy (non-hydrogen) atoms. The van der Waals surface area contributed by atoms with Crippen molar-refractivity contribution in [1.29, 1.82) is 0 Å². The average molecular weight is 280 g/mol. The zero-order chi connectivity index (χ0) is 15.1. The molecule has 2 aromatic carbocycles. The van der Waals surface area contributed by atoms with Crippen molar-refractivity contribution in [1.82, 2.24) is 0 Å². The maximum Gasteiger partial charge on any atom is 0.108 e. The van der Waals surface area contributed by atoms with Gasteiger partial charge >= 0.3 is 0 Å². The van der Waals surface area contributed by atoms with Crippen LogP contribution in [0.15, 0.2) is 66.7 Å². The highest BCUT2D eigenvalue weighted by atomic mass is 16.3. The Morgan fingerprint density at radius 2 is 1.57 bits per heavy atom. The molecular formula is C20H24O. The van der Waals surface area contributed by atoms with Crippen molar-refractivity contribution in [3.05, 3.63) is 77.9 Å². The lowest BCUT2D eigenvalue weighted by molar-refractivity contribution is 0.0632. The van der Waals surface area contributed by atoms with Crippen LogP contribution in [0, 0.1) is 5.92 Å². The molecule has 1 heteroatoms. The number of aliphatic hydroxyl groups is 1. The summed E-state index contributed by atoms with van der Waals surface area (Å²) in [5.74, 6) is 0.468. The van der Waals surface area contributed by atoms with Gasteiger partial charge in [0.15, 0.2) is 0 Å². The lowest BCUT2D eigenvalue weighted by atomic mass is 9.83. The van der Waals surface area contributed by atoms with Crippen molar-refractivity contribution >= 4 is 6.08 Å². The van der Waals surface area contributed by atoms with Gasteiger partial charge in [-0.3, -0.25) is 0 Å². The fraction of sp³-hybridized carbons (Fsp3) is 0.300. The van der Waals surface area contributed by atoms with Crippen molar-refractivity contribution in [2.45, 2.75) is 32.3 Å². The third-order valence-electron chi connectivity index (χ3n) is 3.98. The maximum absolute atomic E-state index is 11.2. The Morgan fingerprint density at radius 3 is 2.14 bits per heavy atom. The third kappa shape index (κ3) is 4.30. The van der Waals surface area contributed by atoms with E-state index in [4.69, 9.17) is 0 Å². The van der Waals surface area contributed by atoms with Crippen LogP contribution in [0.5, 0.6) is 0 Å². The zero-order valence-corrected chi connectivity index (χ0v) is 12.9. The van der Waals surface area contributed by atoms with Gasteiger partial charge in [0.25, 0.3) is 0 Å². The van der Waals surface area contributed by atoms with Crippen LogP contribution in [0.3, 0.4) is 0 Å². The molecule has 0 saturated carbocycles. The lowest BCUT2D eigenvalue weighted by Crippen LogP contribution is -2.25. The van der Waals surface area contributed by atoms with Crippen LogP contribution < -0.4 is 0 Å². The van der Waals surface area contributed by atoms with Gasteiger partial charge < -0.3 is 5.11 Å². The number of hydrogen-bond donors (Lipinski definition) is 1. The van der Waals surface area contributed by atoms with Gasteiger partial charge in [0.05, 0.1) is 0 Å². The lowest BCUT2D eigenvalue weighted by Gasteiger charge is -2.28. The molecule has 0 spiro atoms. The van der Waals surface area contributed by atoms with Gasteiger partial charge in [-0.15, -0.1) is 0 Å². The summed E-state index contributed by atoms with van der Waals surface area (Å²) in [4.78, 5) is 0. The molecule has 0 amide bonds. The van der Waals surface area contributed by atoms with E-state index in [1.54, 1.807) is 0 Å². The summed E-state index contributed by atoms with van der Waals surface area (Å²) >= 11 is 0. The summed E-state index contributed by atoms with van der Waals surface area (Å²) in [5.41, 5.74) is 1.15.